The number of hydrogen-bond acceptors (Lipinski definition) is 3. The Morgan fingerprint density at radius 2 is 1.71 bits per heavy atom. The molecular weight excluding hydrogens is 298 g/mol. The van der Waals surface area contributed by atoms with E-state index in [1.54, 1.807) is 7.11 Å². The average Bonchev–Trinajstić information content (AvgIpc) is 3.01. The molecule has 118 valence electrons. The zero-order valence-electron chi connectivity index (χ0n) is 13.3. The van der Waals surface area contributed by atoms with Crippen molar-refractivity contribution in [2.75, 3.05) is 12.8 Å². The standard InChI is InChI=1S/C20H17N3O/c1-24-17-11-9-16(10-12-17)23-19-8-3-2-7-18(19)22-20(23)14-5-4-6-15(21)13-14/h2-13H,21H2,1H3. The summed E-state index contributed by atoms with van der Waals surface area (Å²) in [5.74, 6) is 1.70. The third kappa shape index (κ3) is 2.38. The van der Waals surface area contributed by atoms with Gasteiger partial charge in [0.2, 0.25) is 0 Å². The van der Waals surface area contributed by atoms with Crippen molar-refractivity contribution in [2.24, 2.45) is 0 Å². The second kappa shape index (κ2) is 5.74. The monoisotopic (exact) mass is 315 g/mol. The Bertz CT molecular complexity index is 1000. The van der Waals surface area contributed by atoms with Gasteiger partial charge in [-0.25, -0.2) is 4.98 Å². The van der Waals surface area contributed by atoms with E-state index in [9.17, 15) is 0 Å². The van der Waals surface area contributed by atoms with Gasteiger partial charge in [0, 0.05) is 16.9 Å². The summed E-state index contributed by atoms with van der Waals surface area (Å²) >= 11 is 0. The largest absolute Gasteiger partial charge is 0.497 e. The first-order valence-corrected chi connectivity index (χ1v) is 7.74. The fourth-order valence-electron chi connectivity index (χ4n) is 2.89. The number of rotatable bonds is 3. The lowest BCUT2D eigenvalue weighted by atomic mass is 10.2. The van der Waals surface area contributed by atoms with Crippen LogP contribution in [0.15, 0.2) is 72.8 Å². The quantitative estimate of drug-likeness (QED) is 0.574. The number of nitrogens with two attached hydrogens (primary N) is 1. The number of nitrogen functional groups attached to an aromatic ring is 1. The number of para-hydroxylation sites is 2. The van der Waals surface area contributed by atoms with Crippen LogP contribution in [0.1, 0.15) is 0 Å². The van der Waals surface area contributed by atoms with Gasteiger partial charge in [0.05, 0.1) is 18.1 Å². The van der Waals surface area contributed by atoms with E-state index in [-0.39, 0.29) is 0 Å². The minimum Gasteiger partial charge on any atom is -0.497 e. The van der Waals surface area contributed by atoms with Gasteiger partial charge in [-0.3, -0.25) is 4.57 Å². The lowest BCUT2D eigenvalue weighted by Crippen LogP contribution is -1.98. The first-order chi connectivity index (χ1) is 11.8. The predicted octanol–water partition coefficient (Wildman–Crippen LogP) is 4.28. The highest BCUT2D eigenvalue weighted by atomic mass is 16.5. The molecule has 0 saturated carbocycles. The molecule has 4 heteroatoms. The van der Waals surface area contributed by atoms with E-state index in [0.717, 1.165) is 39.5 Å². The van der Waals surface area contributed by atoms with Gasteiger partial charge in [-0.2, -0.15) is 0 Å². The molecular formula is C20H17N3O. The summed E-state index contributed by atoms with van der Waals surface area (Å²) in [5, 5.41) is 0. The van der Waals surface area contributed by atoms with Crippen LogP contribution in [-0.4, -0.2) is 16.7 Å². The van der Waals surface area contributed by atoms with E-state index < -0.39 is 0 Å². The highest BCUT2D eigenvalue weighted by Gasteiger charge is 2.14. The molecule has 0 aliphatic rings. The van der Waals surface area contributed by atoms with Crippen molar-refractivity contribution in [3.63, 3.8) is 0 Å². The molecule has 4 aromatic rings. The maximum Gasteiger partial charge on any atom is 0.145 e. The number of fused-ring (bicyclic) bond motifs is 1. The van der Waals surface area contributed by atoms with Gasteiger partial charge in [0.15, 0.2) is 0 Å². The van der Waals surface area contributed by atoms with Crippen LogP contribution in [0.4, 0.5) is 5.69 Å². The maximum absolute atomic E-state index is 5.96. The van der Waals surface area contributed by atoms with Gasteiger partial charge in [-0.15, -0.1) is 0 Å². The number of methoxy groups -OCH3 is 1. The number of aromatic nitrogens is 2. The zero-order chi connectivity index (χ0) is 16.5. The number of ether oxygens (including phenoxy) is 1. The van der Waals surface area contributed by atoms with Gasteiger partial charge >= 0.3 is 0 Å². The smallest absolute Gasteiger partial charge is 0.145 e. The Morgan fingerprint density at radius 1 is 0.917 bits per heavy atom. The number of anilines is 1. The molecule has 0 aliphatic carbocycles. The normalized spacial score (nSPS) is 10.9. The van der Waals surface area contributed by atoms with Crippen LogP contribution < -0.4 is 10.5 Å². The lowest BCUT2D eigenvalue weighted by Gasteiger charge is -2.10. The van der Waals surface area contributed by atoms with Crippen LogP contribution in [0, 0.1) is 0 Å². The Kier molecular flexibility index (Phi) is 3.43. The first kappa shape index (κ1) is 14.3. The summed E-state index contributed by atoms with van der Waals surface area (Å²) < 4.78 is 7.41. The average molecular weight is 315 g/mol. The fraction of sp³-hybridized carbons (Fsp3) is 0.0500. The molecule has 0 fully saturated rings. The highest BCUT2D eigenvalue weighted by molar-refractivity contribution is 5.83. The van der Waals surface area contributed by atoms with E-state index >= 15 is 0 Å². The van der Waals surface area contributed by atoms with Crippen LogP contribution in [0.5, 0.6) is 5.75 Å². The van der Waals surface area contributed by atoms with E-state index in [0.29, 0.717) is 0 Å². The Morgan fingerprint density at radius 3 is 2.46 bits per heavy atom. The zero-order valence-corrected chi connectivity index (χ0v) is 13.3. The van der Waals surface area contributed by atoms with Gasteiger partial charge in [0.25, 0.3) is 0 Å². The minimum atomic E-state index is 0.723. The summed E-state index contributed by atoms with van der Waals surface area (Å²) in [6, 6.07) is 23.9. The molecule has 1 heterocycles. The van der Waals surface area contributed by atoms with Crippen molar-refractivity contribution < 1.29 is 4.74 Å². The summed E-state index contributed by atoms with van der Waals surface area (Å²) in [7, 11) is 1.67. The first-order valence-electron chi connectivity index (χ1n) is 7.74. The third-order valence-electron chi connectivity index (χ3n) is 4.04. The molecule has 0 unspecified atom stereocenters. The molecule has 0 atom stereocenters. The molecule has 2 N–H and O–H groups in total. The Balaban J connectivity index is 1.99. The fourth-order valence-corrected chi connectivity index (χ4v) is 2.89. The predicted molar refractivity (Wildman–Crippen MR) is 97.5 cm³/mol. The topological polar surface area (TPSA) is 53.1 Å². The lowest BCUT2D eigenvalue weighted by molar-refractivity contribution is 0.415. The van der Waals surface area contributed by atoms with Crippen LogP contribution in [0.3, 0.4) is 0 Å². The summed E-state index contributed by atoms with van der Waals surface area (Å²) in [4.78, 5) is 4.82. The van der Waals surface area contributed by atoms with Crippen LogP contribution in [-0.2, 0) is 0 Å². The van der Waals surface area contributed by atoms with Gasteiger partial charge in [0.1, 0.15) is 11.6 Å². The van der Waals surface area contributed by atoms with E-state index in [2.05, 4.69) is 10.6 Å². The second-order valence-corrected chi connectivity index (χ2v) is 5.58. The van der Waals surface area contributed by atoms with Crippen molar-refractivity contribution >= 4 is 16.7 Å². The molecule has 24 heavy (non-hydrogen) atoms. The van der Waals surface area contributed by atoms with Crippen molar-refractivity contribution in [2.45, 2.75) is 0 Å². The molecule has 4 nitrogen and oxygen atoms in total. The van der Waals surface area contributed by atoms with Gasteiger partial charge < -0.3 is 10.5 Å². The summed E-state index contributed by atoms with van der Waals surface area (Å²) in [6.45, 7) is 0. The number of benzene rings is 3. The second-order valence-electron chi connectivity index (χ2n) is 5.58. The molecule has 1 aromatic heterocycles. The third-order valence-corrected chi connectivity index (χ3v) is 4.04. The van der Waals surface area contributed by atoms with Crippen LogP contribution in [0.25, 0.3) is 28.1 Å². The molecule has 4 rings (SSSR count). The van der Waals surface area contributed by atoms with Crippen LogP contribution in [0.2, 0.25) is 0 Å². The molecule has 0 bridgehead atoms. The number of imidazole rings is 1. The molecule has 0 spiro atoms. The number of hydrogen-bond donors (Lipinski definition) is 1. The van der Waals surface area contributed by atoms with Crippen molar-refractivity contribution in [3.05, 3.63) is 72.8 Å². The molecule has 0 aliphatic heterocycles. The van der Waals surface area contributed by atoms with Crippen molar-refractivity contribution in [3.8, 4) is 22.8 Å². The summed E-state index contributed by atoms with van der Waals surface area (Å²) in [6.07, 6.45) is 0. The molecule has 0 radical (unpaired) electrons. The molecule has 0 saturated heterocycles. The Labute approximate surface area is 140 Å². The van der Waals surface area contributed by atoms with E-state index in [1.165, 1.54) is 0 Å². The van der Waals surface area contributed by atoms with Gasteiger partial charge in [-0.1, -0.05) is 24.3 Å². The van der Waals surface area contributed by atoms with Gasteiger partial charge in [-0.05, 0) is 48.5 Å². The maximum atomic E-state index is 5.96. The van der Waals surface area contributed by atoms with E-state index in [1.807, 2.05) is 66.7 Å². The van der Waals surface area contributed by atoms with Crippen molar-refractivity contribution in [1.82, 2.24) is 9.55 Å². The minimum absolute atomic E-state index is 0.723. The SMILES string of the molecule is COc1ccc(-n2c(-c3cccc(N)c3)nc3ccccc32)cc1. The van der Waals surface area contributed by atoms with E-state index in [4.69, 9.17) is 15.5 Å². The number of nitrogens with zero attached hydrogens (tertiary/aromatic N) is 2. The molecule has 3 aromatic carbocycles. The highest BCUT2D eigenvalue weighted by Crippen LogP contribution is 2.30. The van der Waals surface area contributed by atoms with Crippen LogP contribution >= 0.6 is 0 Å². The molecule has 0 amide bonds. The Hall–Kier alpha value is -3.27. The van der Waals surface area contributed by atoms with Crippen molar-refractivity contribution in [1.29, 1.82) is 0 Å². The summed E-state index contributed by atoms with van der Waals surface area (Å²) in [5.41, 5.74) is 10.7.